The van der Waals surface area contributed by atoms with Gasteiger partial charge in [0.05, 0.1) is 10.6 Å². The van der Waals surface area contributed by atoms with E-state index in [4.69, 9.17) is 0 Å². The van der Waals surface area contributed by atoms with E-state index < -0.39 is 22.1 Å². The number of hydrogen-bond donors (Lipinski definition) is 2. The summed E-state index contributed by atoms with van der Waals surface area (Å²) in [6.07, 6.45) is -4.86. The number of Topliss-reactive ketones (excluding diaryl/α,β-unsaturated/α-hetero) is 1. The fourth-order valence-corrected chi connectivity index (χ4v) is 3.11. The van der Waals surface area contributed by atoms with Crippen LogP contribution in [0, 0.1) is 0 Å². The van der Waals surface area contributed by atoms with Gasteiger partial charge in [0.2, 0.25) is 0 Å². The van der Waals surface area contributed by atoms with Crippen molar-refractivity contribution in [3.63, 3.8) is 0 Å². The van der Waals surface area contributed by atoms with Gasteiger partial charge in [0.25, 0.3) is 10.0 Å². The summed E-state index contributed by atoms with van der Waals surface area (Å²) in [6, 6.07) is 9.53. The van der Waals surface area contributed by atoms with E-state index in [9.17, 15) is 26.4 Å². The number of sulfonamides is 1. The van der Waals surface area contributed by atoms with Gasteiger partial charge in [-0.3, -0.25) is 9.52 Å². The lowest BCUT2D eigenvalue weighted by Crippen LogP contribution is -2.17. The van der Waals surface area contributed by atoms with Crippen molar-refractivity contribution in [3.8, 4) is 5.75 Å². The van der Waals surface area contributed by atoms with Crippen molar-refractivity contribution in [2.24, 2.45) is 0 Å². The molecule has 0 spiro atoms. The molecule has 0 aliphatic carbocycles. The predicted molar refractivity (Wildman–Crippen MR) is 88.6 cm³/mol. The number of halogens is 3. The summed E-state index contributed by atoms with van der Waals surface area (Å²) in [5.74, 6) is -0.845. The maximum atomic E-state index is 12.3. The fourth-order valence-electron chi connectivity index (χ4n) is 1.88. The van der Waals surface area contributed by atoms with Gasteiger partial charge in [0, 0.05) is 11.3 Å². The molecule has 0 aliphatic heterocycles. The van der Waals surface area contributed by atoms with Crippen molar-refractivity contribution < 1.29 is 31.1 Å². The Morgan fingerprint density at radius 1 is 1.12 bits per heavy atom. The molecule has 0 radical (unpaired) electrons. The van der Waals surface area contributed by atoms with Crippen molar-refractivity contribution in [3.05, 3.63) is 54.1 Å². The molecule has 0 atom stereocenters. The third-order valence-corrected chi connectivity index (χ3v) is 4.63. The molecule has 1 N–H and O–H groups in total. The Hall–Kier alpha value is -2.20. The normalized spacial score (nSPS) is 11.8. The SMILES string of the molecule is O=C(CS)c1cccc(NS(=O)(=O)c2ccc(OC(F)(F)F)cc2)c1. The summed E-state index contributed by atoms with van der Waals surface area (Å²) in [5, 5.41) is 0. The van der Waals surface area contributed by atoms with E-state index in [0.717, 1.165) is 24.3 Å². The number of rotatable bonds is 6. The number of alkyl halides is 3. The highest BCUT2D eigenvalue weighted by molar-refractivity contribution is 7.92. The number of thiol groups is 1. The number of ether oxygens (including phenoxy) is 1. The standard InChI is InChI=1S/C15H12F3NO4S2/c16-15(17,18)23-12-4-6-13(7-5-12)25(21,22)19-11-3-1-2-10(8-11)14(20)9-24/h1-8,19,24H,9H2. The van der Waals surface area contributed by atoms with E-state index in [-0.39, 0.29) is 27.7 Å². The first-order valence-electron chi connectivity index (χ1n) is 6.73. The number of carbonyl (C=O) groups is 1. The van der Waals surface area contributed by atoms with E-state index in [2.05, 4.69) is 22.1 Å². The maximum absolute atomic E-state index is 12.3. The molecule has 0 unspecified atom stereocenters. The molecule has 10 heteroatoms. The first kappa shape index (κ1) is 19.1. The van der Waals surface area contributed by atoms with E-state index >= 15 is 0 Å². The third-order valence-electron chi connectivity index (χ3n) is 2.95. The second-order valence-electron chi connectivity index (χ2n) is 4.79. The zero-order valence-corrected chi connectivity index (χ0v) is 14.2. The summed E-state index contributed by atoms with van der Waals surface area (Å²) in [6.45, 7) is 0. The van der Waals surface area contributed by atoms with Crippen LogP contribution in [-0.2, 0) is 10.0 Å². The molecule has 0 aliphatic rings. The van der Waals surface area contributed by atoms with Crippen LogP contribution in [-0.4, -0.2) is 26.3 Å². The maximum Gasteiger partial charge on any atom is 0.573 e. The quantitative estimate of drug-likeness (QED) is 0.584. The average molecular weight is 391 g/mol. The Balaban J connectivity index is 2.20. The molecule has 25 heavy (non-hydrogen) atoms. The van der Waals surface area contributed by atoms with Crippen molar-refractivity contribution >= 4 is 34.1 Å². The molecular weight excluding hydrogens is 379 g/mol. The third kappa shape index (κ3) is 5.40. The average Bonchev–Trinajstić information content (AvgIpc) is 2.53. The Bertz CT molecular complexity index is 865. The summed E-state index contributed by atoms with van der Waals surface area (Å²) in [4.78, 5) is 11.3. The van der Waals surface area contributed by atoms with Crippen LogP contribution in [0.15, 0.2) is 53.4 Å². The van der Waals surface area contributed by atoms with Crippen molar-refractivity contribution in [2.45, 2.75) is 11.3 Å². The number of nitrogens with one attached hydrogen (secondary N) is 1. The topological polar surface area (TPSA) is 72.5 Å². The number of anilines is 1. The number of benzene rings is 2. The molecule has 0 saturated heterocycles. The monoisotopic (exact) mass is 391 g/mol. The number of hydrogen-bond acceptors (Lipinski definition) is 5. The van der Waals surface area contributed by atoms with Gasteiger partial charge in [-0.25, -0.2) is 8.42 Å². The van der Waals surface area contributed by atoms with Crippen LogP contribution < -0.4 is 9.46 Å². The molecule has 0 heterocycles. The van der Waals surface area contributed by atoms with Crippen molar-refractivity contribution in [1.82, 2.24) is 0 Å². The highest BCUT2D eigenvalue weighted by Gasteiger charge is 2.31. The second-order valence-corrected chi connectivity index (χ2v) is 6.79. The smallest absolute Gasteiger partial charge is 0.406 e. The Morgan fingerprint density at radius 3 is 2.32 bits per heavy atom. The molecule has 0 amide bonds. The van der Waals surface area contributed by atoms with Crippen LogP contribution in [0.2, 0.25) is 0 Å². The first-order valence-corrected chi connectivity index (χ1v) is 8.85. The van der Waals surface area contributed by atoms with E-state index in [1.54, 1.807) is 0 Å². The summed E-state index contributed by atoms with van der Waals surface area (Å²) in [7, 11) is -4.04. The van der Waals surface area contributed by atoms with Gasteiger partial charge >= 0.3 is 6.36 Å². The van der Waals surface area contributed by atoms with Gasteiger partial charge in [-0.1, -0.05) is 12.1 Å². The molecular formula is C15H12F3NO4S2. The molecule has 0 saturated carbocycles. The Morgan fingerprint density at radius 2 is 1.76 bits per heavy atom. The zero-order chi connectivity index (χ0) is 18.7. The van der Waals surface area contributed by atoms with Gasteiger partial charge in [-0.05, 0) is 36.4 Å². The van der Waals surface area contributed by atoms with Gasteiger partial charge in [-0.2, -0.15) is 12.6 Å². The largest absolute Gasteiger partial charge is 0.573 e. The highest BCUT2D eigenvalue weighted by Crippen LogP contribution is 2.25. The summed E-state index contributed by atoms with van der Waals surface area (Å²) in [5.41, 5.74) is 0.423. The van der Waals surface area contributed by atoms with Gasteiger partial charge in [0.1, 0.15) is 5.75 Å². The Kier molecular flexibility index (Phi) is 5.63. The molecule has 0 bridgehead atoms. The summed E-state index contributed by atoms with van der Waals surface area (Å²) >= 11 is 3.86. The number of carbonyl (C=O) groups excluding carboxylic acids is 1. The minimum absolute atomic E-state index is 0.0309. The molecule has 0 aromatic heterocycles. The molecule has 134 valence electrons. The minimum Gasteiger partial charge on any atom is -0.406 e. The number of ketones is 1. The van der Waals surface area contributed by atoms with Crippen LogP contribution in [0.3, 0.4) is 0 Å². The molecule has 2 aromatic carbocycles. The van der Waals surface area contributed by atoms with Crippen LogP contribution >= 0.6 is 12.6 Å². The van der Waals surface area contributed by atoms with Crippen LogP contribution in [0.4, 0.5) is 18.9 Å². The lowest BCUT2D eigenvalue weighted by atomic mass is 10.1. The molecule has 2 rings (SSSR count). The van der Waals surface area contributed by atoms with E-state index in [0.29, 0.717) is 0 Å². The van der Waals surface area contributed by atoms with Crippen LogP contribution in [0.1, 0.15) is 10.4 Å². The molecule has 2 aromatic rings. The lowest BCUT2D eigenvalue weighted by molar-refractivity contribution is -0.274. The van der Waals surface area contributed by atoms with Crippen LogP contribution in [0.5, 0.6) is 5.75 Å². The van der Waals surface area contributed by atoms with Crippen LogP contribution in [0.25, 0.3) is 0 Å². The van der Waals surface area contributed by atoms with Crippen molar-refractivity contribution in [2.75, 3.05) is 10.5 Å². The predicted octanol–water partition coefficient (Wildman–Crippen LogP) is 3.50. The lowest BCUT2D eigenvalue weighted by Gasteiger charge is -2.11. The molecule has 5 nitrogen and oxygen atoms in total. The van der Waals surface area contributed by atoms with E-state index in [1.165, 1.54) is 24.3 Å². The van der Waals surface area contributed by atoms with Gasteiger partial charge in [-0.15, -0.1) is 13.2 Å². The summed E-state index contributed by atoms with van der Waals surface area (Å²) < 4.78 is 66.8. The fraction of sp³-hybridized carbons (Fsp3) is 0.133. The first-order chi connectivity index (χ1) is 11.6. The second kappa shape index (κ2) is 7.36. The molecule has 0 fully saturated rings. The zero-order valence-electron chi connectivity index (χ0n) is 12.4. The minimum atomic E-state index is -4.86. The van der Waals surface area contributed by atoms with Crippen molar-refractivity contribution in [1.29, 1.82) is 0 Å². The van der Waals surface area contributed by atoms with E-state index in [1.807, 2.05) is 0 Å². The highest BCUT2D eigenvalue weighted by atomic mass is 32.2. The van der Waals surface area contributed by atoms with Gasteiger partial charge in [0.15, 0.2) is 5.78 Å². The van der Waals surface area contributed by atoms with Gasteiger partial charge < -0.3 is 4.74 Å². The Labute approximate surface area is 147 Å².